The Bertz CT molecular complexity index is 418. The molecule has 0 fully saturated rings. The summed E-state index contributed by atoms with van der Waals surface area (Å²) >= 11 is 16.4. The number of H-pyrrole nitrogens is 1. The van der Waals surface area contributed by atoms with Gasteiger partial charge in [-0.25, -0.2) is 0 Å². The molecule has 0 unspecified atom stereocenters. The highest BCUT2D eigenvalue weighted by atomic mass is 35.6. The average Bonchev–Trinajstić information content (AvgIpc) is 2.64. The van der Waals surface area contributed by atoms with Gasteiger partial charge in [-0.05, 0) is 11.6 Å². The van der Waals surface area contributed by atoms with Crippen LogP contribution in [0.1, 0.15) is 22.5 Å². The van der Waals surface area contributed by atoms with Crippen LogP contribution in [0.3, 0.4) is 0 Å². The summed E-state index contributed by atoms with van der Waals surface area (Å²) in [6.07, 6.45) is 6.04. The Kier molecular flexibility index (Phi) is 4.59. The molecule has 1 aromatic rings. The Morgan fingerprint density at radius 1 is 1.44 bits per heavy atom. The van der Waals surface area contributed by atoms with Gasteiger partial charge in [0, 0.05) is 12.6 Å². The van der Waals surface area contributed by atoms with Crippen LogP contribution in [0.5, 0.6) is 0 Å². The summed E-state index contributed by atoms with van der Waals surface area (Å²) in [6, 6.07) is 1.55. The van der Waals surface area contributed by atoms with E-state index in [9.17, 15) is 9.59 Å². The van der Waals surface area contributed by atoms with Crippen molar-refractivity contribution in [2.24, 2.45) is 0 Å². The standard InChI is InChI=1S/C10H8Cl3NO2/c11-10(12,13)9(16)8-5-7(6-14-8)3-1-2-4-15/h1,3-6,14H,2H2. The van der Waals surface area contributed by atoms with Crippen molar-refractivity contribution < 1.29 is 9.59 Å². The number of hydrogen-bond donors (Lipinski definition) is 1. The van der Waals surface area contributed by atoms with Crippen LogP contribution in [-0.2, 0) is 4.79 Å². The summed E-state index contributed by atoms with van der Waals surface area (Å²) in [7, 11) is 0. The minimum atomic E-state index is -1.96. The molecule has 1 N–H and O–H groups in total. The molecule has 0 aliphatic rings. The van der Waals surface area contributed by atoms with E-state index in [1.807, 2.05) is 0 Å². The molecule has 86 valence electrons. The molecule has 0 radical (unpaired) electrons. The predicted octanol–water partition coefficient (Wildman–Crippen LogP) is 3.17. The molecule has 0 saturated carbocycles. The van der Waals surface area contributed by atoms with Gasteiger partial charge in [0.05, 0.1) is 5.69 Å². The zero-order valence-corrected chi connectivity index (χ0v) is 10.3. The van der Waals surface area contributed by atoms with Gasteiger partial charge in [-0.1, -0.05) is 47.0 Å². The van der Waals surface area contributed by atoms with E-state index < -0.39 is 9.58 Å². The van der Waals surface area contributed by atoms with Crippen molar-refractivity contribution >= 4 is 52.9 Å². The van der Waals surface area contributed by atoms with Gasteiger partial charge in [-0.3, -0.25) is 4.79 Å². The average molecular weight is 281 g/mol. The van der Waals surface area contributed by atoms with Crippen molar-refractivity contribution in [2.75, 3.05) is 0 Å². The van der Waals surface area contributed by atoms with E-state index in [0.717, 1.165) is 11.8 Å². The van der Waals surface area contributed by atoms with Crippen LogP contribution in [0.2, 0.25) is 0 Å². The molecule has 0 saturated heterocycles. The highest BCUT2D eigenvalue weighted by Crippen LogP contribution is 2.30. The number of aldehydes is 1. The Morgan fingerprint density at radius 3 is 2.69 bits per heavy atom. The second-order valence-electron chi connectivity index (χ2n) is 2.98. The first-order valence-electron chi connectivity index (χ1n) is 4.35. The van der Waals surface area contributed by atoms with Crippen molar-refractivity contribution in [2.45, 2.75) is 10.2 Å². The number of halogens is 3. The molecule has 0 atom stereocenters. The van der Waals surface area contributed by atoms with Crippen molar-refractivity contribution in [3.8, 4) is 0 Å². The molecule has 6 heteroatoms. The van der Waals surface area contributed by atoms with Crippen molar-refractivity contribution in [1.82, 2.24) is 4.98 Å². The van der Waals surface area contributed by atoms with Gasteiger partial charge >= 0.3 is 0 Å². The molecule has 0 amide bonds. The van der Waals surface area contributed by atoms with Crippen LogP contribution in [-0.4, -0.2) is 20.8 Å². The summed E-state index contributed by atoms with van der Waals surface area (Å²) < 4.78 is -1.96. The lowest BCUT2D eigenvalue weighted by Gasteiger charge is -2.06. The number of nitrogens with one attached hydrogen (secondary N) is 1. The maximum absolute atomic E-state index is 11.5. The predicted molar refractivity (Wildman–Crippen MR) is 65.1 cm³/mol. The van der Waals surface area contributed by atoms with E-state index in [2.05, 4.69) is 4.98 Å². The number of hydrogen-bond acceptors (Lipinski definition) is 2. The lowest BCUT2D eigenvalue weighted by Crippen LogP contribution is -2.19. The van der Waals surface area contributed by atoms with E-state index in [1.54, 1.807) is 24.4 Å². The third kappa shape index (κ3) is 3.67. The number of aromatic amines is 1. The number of carbonyl (C=O) groups is 2. The molecule has 0 aromatic carbocycles. The van der Waals surface area contributed by atoms with Gasteiger partial charge in [-0.15, -0.1) is 0 Å². The monoisotopic (exact) mass is 279 g/mol. The molecular weight excluding hydrogens is 272 g/mol. The van der Waals surface area contributed by atoms with Crippen LogP contribution in [0.15, 0.2) is 18.3 Å². The third-order valence-corrected chi connectivity index (χ3v) is 2.26. The fourth-order valence-corrected chi connectivity index (χ4v) is 1.36. The van der Waals surface area contributed by atoms with Crippen LogP contribution in [0.25, 0.3) is 6.08 Å². The van der Waals surface area contributed by atoms with E-state index in [-0.39, 0.29) is 5.69 Å². The molecule has 1 heterocycles. The van der Waals surface area contributed by atoms with E-state index in [4.69, 9.17) is 34.8 Å². The van der Waals surface area contributed by atoms with Crippen LogP contribution < -0.4 is 0 Å². The summed E-state index contributed by atoms with van der Waals surface area (Å²) in [6.45, 7) is 0. The molecule has 16 heavy (non-hydrogen) atoms. The smallest absolute Gasteiger partial charge is 0.254 e. The Balaban J connectivity index is 2.79. The fraction of sp³-hybridized carbons (Fsp3) is 0.200. The molecule has 0 aliphatic heterocycles. The lowest BCUT2D eigenvalue weighted by molar-refractivity contribution is -0.107. The number of Topliss-reactive ketones (excluding diaryl/α,β-unsaturated/α-hetero) is 1. The molecule has 0 bridgehead atoms. The van der Waals surface area contributed by atoms with Gasteiger partial charge in [0.1, 0.15) is 6.29 Å². The van der Waals surface area contributed by atoms with Crippen molar-refractivity contribution in [1.29, 1.82) is 0 Å². The number of alkyl halides is 3. The minimum Gasteiger partial charge on any atom is -0.358 e. The molecule has 0 spiro atoms. The van der Waals surface area contributed by atoms with Crippen LogP contribution >= 0.6 is 34.8 Å². The topological polar surface area (TPSA) is 49.9 Å². The van der Waals surface area contributed by atoms with Gasteiger partial charge in [0.2, 0.25) is 5.78 Å². The Morgan fingerprint density at radius 2 is 2.12 bits per heavy atom. The number of allylic oxidation sites excluding steroid dienone is 1. The number of ketones is 1. The number of rotatable bonds is 4. The molecule has 1 aromatic heterocycles. The second-order valence-corrected chi connectivity index (χ2v) is 5.26. The highest BCUT2D eigenvalue weighted by molar-refractivity contribution is 6.77. The maximum Gasteiger partial charge on any atom is 0.254 e. The first-order valence-corrected chi connectivity index (χ1v) is 5.48. The zero-order valence-electron chi connectivity index (χ0n) is 8.04. The number of carbonyl (C=O) groups excluding carboxylic acids is 2. The first-order chi connectivity index (χ1) is 7.45. The largest absolute Gasteiger partial charge is 0.358 e. The molecular formula is C10H8Cl3NO2. The van der Waals surface area contributed by atoms with E-state index >= 15 is 0 Å². The van der Waals surface area contributed by atoms with Gasteiger partial charge < -0.3 is 9.78 Å². The van der Waals surface area contributed by atoms with Crippen molar-refractivity contribution in [3.63, 3.8) is 0 Å². The van der Waals surface area contributed by atoms with E-state index in [1.165, 1.54) is 0 Å². The summed E-state index contributed by atoms with van der Waals surface area (Å²) in [5.41, 5.74) is 0.949. The van der Waals surface area contributed by atoms with Gasteiger partial charge in [0.15, 0.2) is 0 Å². The fourth-order valence-electron chi connectivity index (χ4n) is 1.05. The SMILES string of the molecule is O=CCC=Cc1c[nH]c(C(=O)C(Cl)(Cl)Cl)c1. The third-order valence-electron chi connectivity index (χ3n) is 1.75. The summed E-state index contributed by atoms with van der Waals surface area (Å²) in [5.74, 6) is -0.618. The Labute approximate surface area is 107 Å². The summed E-state index contributed by atoms with van der Waals surface area (Å²) in [5, 5.41) is 0. The van der Waals surface area contributed by atoms with E-state index in [0.29, 0.717) is 6.42 Å². The normalized spacial score (nSPS) is 11.9. The number of aromatic nitrogens is 1. The second kappa shape index (κ2) is 5.53. The summed E-state index contributed by atoms with van der Waals surface area (Å²) in [4.78, 5) is 24.3. The molecule has 0 aliphatic carbocycles. The van der Waals surface area contributed by atoms with Crippen LogP contribution in [0, 0.1) is 0 Å². The first kappa shape index (κ1) is 13.3. The Hall–Kier alpha value is -0.770. The molecule has 1 rings (SSSR count). The highest BCUT2D eigenvalue weighted by Gasteiger charge is 2.32. The van der Waals surface area contributed by atoms with Crippen molar-refractivity contribution in [3.05, 3.63) is 29.6 Å². The quantitative estimate of drug-likeness (QED) is 0.523. The minimum absolute atomic E-state index is 0.214. The molecule has 3 nitrogen and oxygen atoms in total. The van der Waals surface area contributed by atoms with Gasteiger partial charge in [-0.2, -0.15) is 0 Å². The lowest BCUT2D eigenvalue weighted by atomic mass is 10.2. The van der Waals surface area contributed by atoms with Gasteiger partial charge in [0.25, 0.3) is 3.79 Å². The maximum atomic E-state index is 11.5. The zero-order chi connectivity index (χ0) is 12.2. The van der Waals surface area contributed by atoms with Crippen LogP contribution in [0.4, 0.5) is 0 Å².